The number of nitrogens with zero attached hydrogens (tertiary/aromatic N) is 3. The Morgan fingerprint density at radius 2 is 1.59 bits per heavy atom. The molecule has 2 N–H and O–H groups in total. The van der Waals surface area contributed by atoms with Gasteiger partial charge in [-0.25, -0.2) is 8.42 Å². The molecule has 2 aromatic rings. The molecule has 3 amide bonds. The minimum absolute atomic E-state index is 0.00416. The van der Waals surface area contributed by atoms with Gasteiger partial charge in [-0.2, -0.15) is 4.72 Å². The van der Waals surface area contributed by atoms with Crippen LogP contribution >= 0.6 is 0 Å². The van der Waals surface area contributed by atoms with Crippen molar-refractivity contribution in [2.24, 2.45) is 0 Å². The third kappa shape index (κ3) is 6.42. The van der Waals surface area contributed by atoms with E-state index < -0.39 is 21.5 Å². The van der Waals surface area contributed by atoms with E-state index in [1.54, 1.807) is 4.90 Å². The summed E-state index contributed by atoms with van der Waals surface area (Å²) in [5.74, 6) is -0.688. The first-order valence-corrected chi connectivity index (χ1v) is 14.9. The molecule has 0 bridgehead atoms. The standard InChI is InChI=1S/C28H37N5O5S/c1-27(2,3)22-12-10-21(11-13-22)25(35)31-16-14-28(15-17-31)26(36)32(18-24(34)29-19-30-39(4,37)38)20-33(28)23-8-6-5-7-9-23/h5-13,30H,14-20H2,1-4H3,(H,29,34). The highest BCUT2D eigenvalue weighted by molar-refractivity contribution is 7.88. The molecule has 0 aliphatic carbocycles. The van der Waals surface area contributed by atoms with Gasteiger partial charge in [0.2, 0.25) is 15.9 Å². The van der Waals surface area contributed by atoms with E-state index in [1.807, 2.05) is 59.5 Å². The molecule has 0 radical (unpaired) electrons. The summed E-state index contributed by atoms with van der Waals surface area (Å²) in [5, 5.41) is 2.49. The van der Waals surface area contributed by atoms with Crippen molar-refractivity contribution in [2.75, 3.05) is 44.1 Å². The predicted molar refractivity (Wildman–Crippen MR) is 150 cm³/mol. The van der Waals surface area contributed by atoms with E-state index in [4.69, 9.17) is 0 Å². The van der Waals surface area contributed by atoms with E-state index in [-0.39, 0.29) is 37.1 Å². The number of rotatable bonds is 7. The molecule has 2 aliphatic rings. The third-order valence-electron chi connectivity index (χ3n) is 7.41. The van der Waals surface area contributed by atoms with Crippen LogP contribution in [-0.4, -0.2) is 80.7 Å². The molecule has 39 heavy (non-hydrogen) atoms. The number of nitrogens with one attached hydrogen (secondary N) is 2. The quantitative estimate of drug-likeness (QED) is 0.504. The molecule has 1 spiro atoms. The van der Waals surface area contributed by atoms with Crippen molar-refractivity contribution >= 4 is 33.4 Å². The number of para-hydroxylation sites is 1. The van der Waals surface area contributed by atoms with Gasteiger partial charge >= 0.3 is 0 Å². The lowest BCUT2D eigenvalue weighted by Crippen LogP contribution is -2.57. The van der Waals surface area contributed by atoms with E-state index in [2.05, 4.69) is 30.8 Å². The van der Waals surface area contributed by atoms with Crippen molar-refractivity contribution < 1.29 is 22.8 Å². The van der Waals surface area contributed by atoms with E-state index >= 15 is 0 Å². The summed E-state index contributed by atoms with van der Waals surface area (Å²) < 4.78 is 24.7. The van der Waals surface area contributed by atoms with Crippen LogP contribution in [0.2, 0.25) is 0 Å². The van der Waals surface area contributed by atoms with Gasteiger partial charge in [0.05, 0.1) is 19.6 Å². The maximum absolute atomic E-state index is 13.8. The number of sulfonamides is 1. The van der Waals surface area contributed by atoms with Crippen LogP contribution in [0.5, 0.6) is 0 Å². The summed E-state index contributed by atoms with van der Waals surface area (Å²) in [5.41, 5.74) is 1.76. The minimum atomic E-state index is -3.45. The molecule has 0 saturated carbocycles. The number of anilines is 1. The highest BCUT2D eigenvalue weighted by atomic mass is 32.2. The molecule has 210 valence electrons. The number of likely N-dealkylation sites (tertiary alicyclic amines) is 1. The van der Waals surface area contributed by atoms with E-state index in [0.29, 0.717) is 31.5 Å². The number of amides is 3. The summed E-state index contributed by atoms with van der Waals surface area (Å²) in [4.78, 5) is 44.9. The van der Waals surface area contributed by atoms with E-state index in [9.17, 15) is 22.8 Å². The van der Waals surface area contributed by atoms with Crippen molar-refractivity contribution in [1.29, 1.82) is 0 Å². The Bertz CT molecular complexity index is 1310. The zero-order chi connectivity index (χ0) is 28.4. The largest absolute Gasteiger partial charge is 0.341 e. The second kappa shape index (κ2) is 11.0. The average Bonchev–Trinajstić information content (AvgIpc) is 3.14. The second-order valence-corrected chi connectivity index (χ2v) is 13.1. The zero-order valence-electron chi connectivity index (χ0n) is 22.9. The average molecular weight is 556 g/mol. The Morgan fingerprint density at radius 1 is 0.974 bits per heavy atom. The molecular weight excluding hydrogens is 518 g/mol. The van der Waals surface area contributed by atoms with Crippen molar-refractivity contribution in [3.05, 3.63) is 65.7 Å². The number of carbonyl (C=O) groups excluding carboxylic acids is 3. The normalized spacial score (nSPS) is 17.5. The Kier molecular flexibility index (Phi) is 8.04. The fourth-order valence-electron chi connectivity index (χ4n) is 5.19. The summed E-state index contributed by atoms with van der Waals surface area (Å²) >= 11 is 0. The van der Waals surface area contributed by atoms with Gasteiger partial charge < -0.3 is 20.0 Å². The third-order valence-corrected chi connectivity index (χ3v) is 8.08. The highest BCUT2D eigenvalue weighted by Gasteiger charge is 2.54. The molecule has 2 saturated heterocycles. The lowest BCUT2D eigenvalue weighted by Gasteiger charge is -2.43. The molecule has 2 fully saturated rings. The fourth-order valence-corrected chi connectivity index (χ4v) is 5.53. The van der Waals surface area contributed by atoms with E-state index in [0.717, 1.165) is 17.5 Å². The van der Waals surface area contributed by atoms with Crippen LogP contribution in [0.1, 0.15) is 49.5 Å². The molecule has 11 heteroatoms. The summed E-state index contributed by atoms with van der Waals surface area (Å²) in [6.45, 7) is 6.98. The number of carbonyl (C=O) groups is 3. The minimum Gasteiger partial charge on any atom is -0.341 e. The lowest BCUT2D eigenvalue weighted by molar-refractivity contribution is -0.137. The highest BCUT2D eigenvalue weighted by Crippen LogP contribution is 2.39. The monoisotopic (exact) mass is 555 g/mol. The van der Waals surface area contributed by atoms with Crippen LogP contribution in [0.25, 0.3) is 0 Å². The van der Waals surface area contributed by atoms with Gasteiger partial charge in [0.1, 0.15) is 12.1 Å². The van der Waals surface area contributed by atoms with Crippen LogP contribution in [0.3, 0.4) is 0 Å². The van der Waals surface area contributed by atoms with E-state index in [1.165, 1.54) is 4.90 Å². The zero-order valence-corrected chi connectivity index (χ0v) is 23.8. The van der Waals surface area contributed by atoms with Gasteiger partial charge in [-0.15, -0.1) is 0 Å². The Morgan fingerprint density at radius 3 is 2.15 bits per heavy atom. The fraction of sp³-hybridized carbons (Fsp3) is 0.464. The van der Waals surface area contributed by atoms with Gasteiger partial charge in [-0.1, -0.05) is 51.1 Å². The Labute approximate surface area is 230 Å². The van der Waals surface area contributed by atoms with Gasteiger partial charge in [0, 0.05) is 24.3 Å². The van der Waals surface area contributed by atoms with Crippen LogP contribution in [-0.2, 0) is 25.0 Å². The molecule has 0 atom stereocenters. The molecular formula is C28H37N5O5S. The first-order chi connectivity index (χ1) is 18.3. The lowest BCUT2D eigenvalue weighted by atomic mass is 9.84. The van der Waals surface area contributed by atoms with Crippen molar-refractivity contribution in [3.8, 4) is 0 Å². The Hall–Kier alpha value is -3.44. The first kappa shape index (κ1) is 28.6. The van der Waals surface area contributed by atoms with Crippen molar-refractivity contribution in [2.45, 2.75) is 44.6 Å². The van der Waals surface area contributed by atoms with Gasteiger partial charge in [0.25, 0.3) is 11.8 Å². The molecule has 2 aliphatic heterocycles. The van der Waals surface area contributed by atoms with Gasteiger partial charge in [-0.05, 0) is 48.1 Å². The number of hydrogen-bond acceptors (Lipinski definition) is 6. The number of hydrogen-bond donors (Lipinski definition) is 2. The SMILES string of the molecule is CC(C)(C)c1ccc(C(=O)N2CCC3(CC2)C(=O)N(CC(=O)NCNS(C)(=O)=O)CN3c2ccccc2)cc1. The van der Waals surface area contributed by atoms with Crippen molar-refractivity contribution in [1.82, 2.24) is 19.8 Å². The predicted octanol–water partition coefficient (Wildman–Crippen LogP) is 1.89. The topological polar surface area (TPSA) is 119 Å². The molecule has 4 rings (SSSR count). The second-order valence-electron chi connectivity index (χ2n) is 11.3. The maximum Gasteiger partial charge on any atom is 0.253 e. The van der Waals surface area contributed by atoms with Crippen LogP contribution < -0.4 is 14.9 Å². The first-order valence-electron chi connectivity index (χ1n) is 13.0. The molecule has 2 aromatic carbocycles. The van der Waals surface area contributed by atoms with Gasteiger partial charge in [-0.3, -0.25) is 14.4 Å². The smallest absolute Gasteiger partial charge is 0.253 e. The molecule has 0 unspecified atom stereocenters. The molecule has 0 aromatic heterocycles. The summed E-state index contributed by atoms with van der Waals surface area (Å²) in [6, 6.07) is 17.3. The molecule has 10 nitrogen and oxygen atoms in total. The van der Waals surface area contributed by atoms with Gasteiger partial charge in [0.15, 0.2) is 0 Å². The summed E-state index contributed by atoms with van der Waals surface area (Å²) in [7, 11) is -3.45. The number of benzene rings is 2. The molecule has 2 heterocycles. The summed E-state index contributed by atoms with van der Waals surface area (Å²) in [6.07, 6.45) is 1.86. The van der Waals surface area contributed by atoms with Crippen LogP contribution in [0, 0.1) is 0 Å². The van der Waals surface area contributed by atoms with Crippen molar-refractivity contribution in [3.63, 3.8) is 0 Å². The van der Waals surface area contributed by atoms with Crippen LogP contribution in [0.4, 0.5) is 5.69 Å². The van der Waals surface area contributed by atoms with Crippen LogP contribution in [0.15, 0.2) is 54.6 Å². The maximum atomic E-state index is 13.8. The Balaban J connectivity index is 1.48. The number of piperidine rings is 1.